The fourth-order valence-corrected chi connectivity index (χ4v) is 3.81. The first-order valence-corrected chi connectivity index (χ1v) is 7.19. The van der Waals surface area contributed by atoms with E-state index >= 15 is 0 Å². The minimum absolute atomic E-state index is 0.725. The van der Waals surface area contributed by atoms with Crippen LogP contribution in [0.2, 0.25) is 0 Å². The second-order valence-corrected chi connectivity index (χ2v) is 6.34. The van der Waals surface area contributed by atoms with Crippen molar-refractivity contribution in [1.29, 1.82) is 0 Å². The molecule has 2 bridgehead atoms. The zero-order valence-electron chi connectivity index (χ0n) is 9.86. The van der Waals surface area contributed by atoms with Crippen molar-refractivity contribution in [3.63, 3.8) is 0 Å². The molecular weight excluding hydrogens is 278 g/mol. The lowest BCUT2D eigenvalue weighted by Gasteiger charge is -2.22. The highest BCUT2D eigenvalue weighted by Gasteiger charge is 2.39. The van der Waals surface area contributed by atoms with E-state index in [1.807, 2.05) is 18.2 Å². The predicted molar refractivity (Wildman–Crippen MR) is 73.0 cm³/mol. The monoisotopic (exact) mass is 295 g/mol. The number of fused-ring (bicyclic) bond motifs is 2. The van der Waals surface area contributed by atoms with Gasteiger partial charge in [0.05, 0.1) is 12.3 Å². The molecule has 0 aliphatic heterocycles. The Hall–Kier alpha value is -0.700. The summed E-state index contributed by atoms with van der Waals surface area (Å²) in [6.07, 6.45) is 5.65. The number of ether oxygens (including phenoxy) is 1. The molecule has 1 aromatic carbocycles. The van der Waals surface area contributed by atoms with Gasteiger partial charge in [-0.1, -0.05) is 22.4 Å². The third-order valence-corrected chi connectivity index (χ3v) is 4.80. The van der Waals surface area contributed by atoms with Crippen molar-refractivity contribution in [3.05, 3.63) is 22.7 Å². The number of nitrogen functional groups attached to an aromatic ring is 1. The summed E-state index contributed by atoms with van der Waals surface area (Å²) in [5, 5.41) is 0. The van der Waals surface area contributed by atoms with E-state index < -0.39 is 0 Å². The third kappa shape index (κ3) is 2.30. The van der Waals surface area contributed by atoms with Crippen molar-refractivity contribution in [2.75, 3.05) is 12.3 Å². The van der Waals surface area contributed by atoms with Gasteiger partial charge in [-0.3, -0.25) is 0 Å². The molecule has 0 aromatic heterocycles. The second kappa shape index (κ2) is 4.52. The van der Waals surface area contributed by atoms with Crippen LogP contribution in [0.15, 0.2) is 22.7 Å². The van der Waals surface area contributed by atoms with Gasteiger partial charge in [-0.25, -0.2) is 0 Å². The molecule has 3 atom stereocenters. The highest BCUT2D eigenvalue weighted by Crippen LogP contribution is 2.48. The summed E-state index contributed by atoms with van der Waals surface area (Å²) in [7, 11) is 0. The molecule has 2 fully saturated rings. The smallest absolute Gasteiger partial charge is 0.142 e. The number of nitrogens with two attached hydrogens (primary N) is 1. The highest BCUT2D eigenvalue weighted by molar-refractivity contribution is 9.10. The van der Waals surface area contributed by atoms with E-state index in [-0.39, 0.29) is 0 Å². The third-order valence-electron chi connectivity index (χ3n) is 4.31. The van der Waals surface area contributed by atoms with Crippen molar-refractivity contribution in [1.82, 2.24) is 0 Å². The number of anilines is 1. The van der Waals surface area contributed by atoms with Gasteiger partial charge in [-0.05, 0) is 55.2 Å². The fraction of sp³-hybridized carbons (Fsp3) is 0.571. The van der Waals surface area contributed by atoms with Gasteiger partial charge in [0.15, 0.2) is 0 Å². The molecule has 0 spiro atoms. The van der Waals surface area contributed by atoms with Gasteiger partial charge in [-0.15, -0.1) is 0 Å². The molecule has 0 saturated heterocycles. The first-order valence-electron chi connectivity index (χ1n) is 6.40. The molecule has 3 unspecified atom stereocenters. The minimum Gasteiger partial charge on any atom is -0.491 e. The summed E-state index contributed by atoms with van der Waals surface area (Å²) >= 11 is 3.40. The van der Waals surface area contributed by atoms with E-state index in [0.717, 1.165) is 40.3 Å². The molecule has 1 aromatic rings. The van der Waals surface area contributed by atoms with Crippen molar-refractivity contribution in [2.45, 2.75) is 25.7 Å². The quantitative estimate of drug-likeness (QED) is 0.860. The fourth-order valence-electron chi connectivity index (χ4n) is 3.43. The summed E-state index contributed by atoms with van der Waals surface area (Å²) in [4.78, 5) is 0. The Morgan fingerprint density at radius 1 is 1.29 bits per heavy atom. The summed E-state index contributed by atoms with van der Waals surface area (Å²) in [6, 6.07) is 5.83. The molecule has 2 N–H and O–H groups in total. The zero-order valence-corrected chi connectivity index (χ0v) is 11.4. The predicted octanol–water partition coefficient (Wildman–Crippen LogP) is 3.85. The normalized spacial score (nSPS) is 30.8. The van der Waals surface area contributed by atoms with Crippen LogP contribution in [0.4, 0.5) is 5.69 Å². The molecule has 3 rings (SSSR count). The average Bonchev–Trinajstić information content (AvgIpc) is 2.89. The maximum absolute atomic E-state index is 5.93. The van der Waals surface area contributed by atoms with E-state index in [4.69, 9.17) is 10.5 Å². The Bertz CT molecular complexity index is 421. The standard InChI is InChI=1S/C14H18BrNO/c15-12-3-4-14(13(16)7-12)17-8-11-6-9-1-2-10(11)5-9/h3-4,7,9-11H,1-2,5-6,8,16H2. The summed E-state index contributed by atoms with van der Waals surface area (Å²) < 4.78 is 6.88. The van der Waals surface area contributed by atoms with Gasteiger partial charge in [0.2, 0.25) is 0 Å². The number of hydrogen-bond donors (Lipinski definition) is 1. The van der Waals surface area contributed by atoms with E-state index in [1.54, 1.807) is 0 Å². The molecule has 2 saturated carbocycles. The summed E-state index contributed by atoms with van der Waals surface area (Å²) in [5.41, 5.74) is 6.65. The Balaban J connectivity index is 1.60. The number of benzene rings is 1. The van der Waals surface area contributed by atoms with E-state index in [1.165, 1.54) is 25.7 Å². The first-order chi connectivity index (χ1) is 8.22. The molecule has 0 radical (unpaired) electrons. The van der Waals surface area contributed by atoms with Crippen LogP contribution in [0.3, 0.4) is 0 Å². The van der Waals surface area contributed by atoms with Gasteiger partial charge >= 0.3 is 0 Å². The van der Waals surface area contributed by atoms with E-state index in [0.29, 0.717) is 0 Å². The molecule has 0 amide bonds. The van der Waals surface area contributed by atoms with Crippen LogP contribution >= 0.6 is 15.9 Å². The number of halogens is 1. The lowest BCUT2D eigenvalue weighted by atomic mass is 9.89. The van der Waals surface area contributed by atoms with Crippen LogP contribution in [0.5, 0.6) is 5.75 Å². The molecule has 0 heterocycles. The van der Waals surface area contributed by atoms with Gasteiger partial charge in [0.25, 0.3) is 0 Å². The van der Waals surface area contributed by atoms with Crippen LogP contribution < -0.4 is 10.5 Å². The summed E-state index contributed by atoms with van der Waals surface area (Å²) in [5.74, 6) is 3.49. The Kier molecular flexibility index (Phi) is 3.03. The van der Waals surface area contributed by atoms with Crippen molar-refractivity contribution in [3.8, 4) is 5.75 Å². The maximum Gasteiger partial charge on any atom is 0.142 e. The lowest BCUT2D eigenvalue weighted by molar-refractivity contribution is 0.196. The SMILES string of the molecule is Nc1cc(Br)ccc1OCC1CC2CCC1C2. The Morgan fingerprint density at radius 3 is 2.82 bits per heavy atom. The van der Waals surface area contributed by atoms with Crippen LogP contribution in [-0.4, -0.2) is 6.61 Å². The molecular formula is C14H18BrNO. The van der Waals surface area contributed by atoms with Crippen molar-refractivity contribution < 1.29 is 4.74 Å². The van der Waals surface area contributed by atoms with Crippen molar-refractivity contribution >= 4 is 21.6 Å². The topological polar surface area (TPSA) is 35.2 Å². The van der Waals surface area contributed by atoms with Crippen LogP contribution in [0.25, 0.3) is 0 Å². The molecule has 92 valence electrons. The van der Waals surface area contributed by atoms with E-state index in [9.17, 15) is 0 Å². The molecule has 17 heavy (non-hydrogen) atoms. The Morgan fingerprint density at radius 2 is 2.18 bits per heavy atom. The van der Waals surface area contributed by atoms with Gasteiger partial charge < -0.3 is 10.5 Å². The minimum atomic E-state index is 0.725. The largest absolute Gasteiger partial charge is 0.491 e. The first kappa shape index (κ1) is 11.4. The van der Waals surface area contributed by atoms with Crippen molar-refractivity contribution in [2.24, 2.45) is 17.8 Å². The second-order valence-electron chi connectivity index (χ2n) is 5.43. The van der Waals surface area contributed by atoms with Crippen LogP contribution in [-0.2, 0) is 0 Å². The highest BCUT2D eigenvalue weighted by atomic mass is 79.9. The average molecular weight is 296 g/mol. The zero-order chi connectivity index (χ0) is 11.8. The Labute approximate surface area is 111 Å². The van der Waals surface area contributed by atoms with Gasteiger partial charge in [0, 0.05) is 4.47 Å². The molecule has 3 heteroatoms. The molecule has 2 aliphatic carbocycles. The maximum atomic E-state index is 5.93. The molecule has 2 nitrogen and oxygen atoms in total. The number of hydrogen-bond acceptors (Lipinski definition) is 2. The van der Waals surface area contributed by atoms with Gasteiger partial charge in [0.1, 0.15) is 5.75 Å². The van der Waals surface area contributed by atoms with E-state index in [2.05, 4.69) is 15.9 Å². The van der Waals surface area contributed by atoms with Crippen LogP contribution in [0, 0.1) is 17.8 Å². The lowest BCUT2D eigenvalue weighted by Crippen LogP contribution is -2.18. The molecule has 2 aliphatic rings. The number of rotatable bonds is 3. The van der Waals surface area contributed by atoms with Gasteiger partial charge in [-0.2, -0.15) is 0 Å². The van der Waals surface area contributed by atoms with Crippen LogP contribution in [0.1, 0.15) is 25.7 Å². The summed E-state index contributed by atoms with van der Waals surface area (Å²) in [6.45, 7) is 0.840.